The molecule has 4 aromatic rings. The Bertz CT molecular complexity index is 2150. The van der Waals surface area contributed by atoms with Gasteiger partial charge in [-0.1, -0.05) is 78.7 Å². The molecule has 57 heavy (non-hydrogen) atoms. The van der Waals surface area contributed by atoms with E-state index in [1.165, 1.54) is 5.56 Å². The molecule has 0 bridgehead atoms. The summed E-state index contributed by atoms with van der Waals surface area (Å²) in [5.41, 5.74) is 0.530. The fraction of sp³-hybridized carbons (Fsp3) is 0.357. The van der Waals surface area contributed by atoms with Gasteiger partial charge >= 0.3 is 17.9 Å². The number of carbonyl (C=O) groups excluding carboxylic acids is 1. The van der Waals surface area contributed by atoms with Gasteiger partial charge in [0.2, 0.25) is 0 Å². The number of benzene rings is 4. The van der Waals surface area contributed by atoms with Gasteiger partial charge in [-0.15, -0.1) is 0 Å². The van der Waals surface area contributed by atoms with Gasteiger partial charge in [0.15, 0.2) is 5.60 Å². The summed E-state index contributed by atoms with van der Waals surface area (Å²) in [7, 11) is 0.861. The molecule has 1 heterocycles. The zero-order valence-corrected chi connectivity index (χ0v) is 33.9. The predicted octanol–water partition coefficient (Wildman–Crippen LogP) is 7.02. The second-order valence-electron chi connectivity index (χ2n) is 14.0. The highest BCUT2D eigenvalue weighted by Gasteiger charge is 2.40. The normalized spacial score (nSPS) is 14.5. The Morgan fingerprint density at radius 3 is 2.16 bits per heavy atom. The molecular weight excluding hydrogens is 793 g/mol. The first kappa shape index (κ1) is 44.9. The van der Waals surface area contributed by atoms with E-state index >= 15 is 0 Å². The quantitative estimate of drug-likeness (QED) is 0.0960. The van der Waals surface area contributed by atoms with Gasteiger partial charge in [0.1, 0.15) is 0 Å². The molecule has 1 aliphatic heterocycles. The van der Waals surface area contributed by atoms with E-state index in [-0.39, 0.29) is 11.8 Å². The van der Waals surface area contributed by atoms with Crippen LogP contribution in [-0.2, 0) is 25.2 Å². The van der Waals surface area contributed by atoms with E-state index in [1.54, 1.807) is 11.0 Å². The number of likely N-dealkylation sites (N-methyl/N-ethyl adjacent to an activating group) is 1. The highest BCUT2D eigenvalue weighted by molar-refractivity contribution is 7.85. The van der Waals surface area contributed by atoms with E-state index < -0.39 is 47.2 Å². The number of nitriles is 1. The van der Waals surface area contributed by atoms with E-state index in [9.17, 15) is 28.6 Å². The maximum absolute atomic E-state index is 13.8. The number of amides is 1. The standard InChI is InChI=1S/C36H37Cl2N3O2S.C6H8O7/c1-3-44(43)35-11-7-6-10-31(35)26-14-17-41(18-15-26)19-16-29(27-12-13-33(37)34(38)22-27)24-40(2)36(42)32-21-25(23-39)20-28-8-4-5-9-30(28)32;7-3(8)1-6(13,5(11)12)2-4(9)10/h4-13,20-22,26,29H,3,14-19,24H2,1-2H3;13H,1-2H2,(H,7,8)(H,9,10)(H,11,12). The average molecular weight is 839 g/mol. The lowest BCUT2D eigenvalue weighted by Crippen LogP contribution is -2.42. The molecule has 15 heteroatoms. The van der Waals surface area contributed by atoms with Crippen LogP contribution in [0.5, 0.6) is 0 Å². The van der Waals surface area contributed by atoms with Gasteiger partial charge in [0.25, 0.3) is 5.91 Å². The molecule has 0 saturated carbocycles. The van der Waals surface area contributed by atoms with Gasteiger partial charge in [-0.3, -0.25) is 18.6 Å². The number of carboxylic acid groups (broad SMARTS) is 3. The summed E-state index contributed by atoms with van der Waals surface area (Å²) in [5.74, 6) is -4.06. The predicted molar refractivity (Wildman–Crippen MR) is 218 cm³/mol. The molecule has 5 rings (SSSR count). The van der Waals surface area contributed by atoms with Gasteiger partial charge in [-0.25, -0.2) is 4.79 Å². The van der Waals surface area contributed by atoms with Crippen molar-refractivity contribution in [3.05, 3.63) is 111 Å². The summed E-state index contributed by atoms with van der Waals surface area (Å²) in [6.45, 7) is 5.28. The van der Waals surface area contributed by atoms with Crippen molar-refractivity contribution >= 4 is 68.6 Å². The molecule has 2 unspecified atom stereocenters. The van der Waals surface area contributed by atoms with Crippen LogP contribution in [0, 0.1) is 11.3 Å². The maximum Gasteiger partial charge on any atom is 0.336 e. The van der Waals surface area contributed by atoms with Gasteiger partial charge in [0.05, 0.1) is 45.3 Å². The van der Waals surface area contributed by atoms with Crippen LogP contribution in [-0.4, -0.2) is 103 Å². The molecule has 1 amide bonds. The van der Waals surface area contributed by atoms with Crippen molar-refractivity contribution in [2.24, 2.45) is 0 Å². The topological polar surface area (TPSA) is 197 Å². The van der Waals surface area contributed by atoms with E-state index in [2.05, 4.69) is 23.1 Å². The van der Waals surface area contributed by atoms with Crippen LogP contribution in [0.15, 0.2) is 83.8 Å². The van der Waals surface area contributed by atoms with E-state index in [0.717, 1.165) is 60.1 Å². The summed E-state index contributed by atoms with van der Waals surface area (Å²) >= 11 is 12.7. The summed E-state index contributed by atoms with van der Waals surface area (Å²) in [6.07, 6.45) is 0.602. The Morgan fingerprint density at radius 2 is 1.56 bits per heavy atom. The van der Waals surface area contributed by atoms with E-state index in [1.807, 2.05) is 74.6 Å². The zero-order valence-electron chi connectivity index (χ0n) is 31.6. The van der Waals surface area contributed by atoms with Crippen molar-refractivity contribution in [3.63, 3.8) is 0 Å². The van der Waals surface area contributed by atoms with Crippen LogP contribution in [0.3, 0.4) is 0 Å². The number of carboxylic acids is 3. The smallest absolute Gasteiger partial charge is 0.336 e. The van der Waals surface area contributed by atoms with E-state index in [4.69, 9.17) is 43.6 Å². The first-order valence-electron chi connectivity index (χ1n) is 18.3. The Morgan fingerprint density at radius 1 is 0.930 bits per heavy atom. The Kier molecular flexibility index (Phi) is 16.2. The van der Waals surface area contributed by atoms with Gasteiger partial charge in [-0.05, 0) is 97.0 Å². The van der Waals surface area contributed by atoms with Gasteiger partial charge in [0, 0.05) is 35.7 Å². The Labute approximate surface area is 343 Å². The maximum atomic E-state index is 13.8. The van der Waals surface area contributed by atoms with Crippen LogP contribution in [0.2, 0.25) is 10.0 Å². The minimum atomic E-state index is -2.74. The largest absolute Gasteiger partial charge is 0.481 e. The Hall–Kier alpha value is -4.84. The zero-order chi connectivity index (χ0) is 41.9. The lowest BCUT2D eigenvalue weighted by Gasteiger charge is -2.34. The number of nitrogens with zero attached hydrogens (tertiary/aromatic N) is 3. The number of aliphatic hydroxyl groups is 1. The molecule has 1 fully saturated rings. The number of likely N-dealkylation sites (tertiary alicyclic amines) is 1. The summed E-state index contributed by atoms with van der Waals surface area (Å²) in [4.78, 5) is 49.5. The molecule has 0 radical (unpaired) electrons. The molecule has 2 atom stereocenters. The molecule has 0 aliphatic carbocycles. The molecule has 4 N–H and O–H groups in total. The molecule has 0 spiro atoms. The van der Waals surface area contributed by atoms with Crippen LogP contribution in [0.1, 0.15) is 77.9 Å². The minimum Gasteiger partial charge on any atom is -0.481 e. The number of rotatable bonds is 15. The first-order chi connectivity index (χ1) is 27.1. The molecule has 4 aromatic carbocycles. The van der Waals surface area contributed by atoms with Crippen molar-refractivity contribution < 1.29 is 43.8 Å². The molecular formula is C42H45Cl2N3O9S. The number of hydrogen-bond donors (Lipinski definition) is 4. The lowest BCUT2D eigenvalue weighted by atomic mass is 9.88. The molecule has 1 aliphatic rings. The van der Waals surface area contributed by atoms with Crippen molar-refractivity contribution in [1.82, 2.24) is 9.80 Å². The SMILES string of the molecule is CCS(=O)c1ccccc1C1CCN(CCC(CN(C)C(=O)c2cc(C#N)cc3ccccc23)c2ccc(Cl)c(Cl)c2)CC1.O=C(O)CC(O)(CC(=O)O)C(=O)O. The third kappa shape index (κ3) is 12.1. The van der Waals surface area contributed by atoms with Crippen LogP contribution in [0.25, 0.3) is 10.8 Å². The second-order valence-corrected chi connectivity index (χ2v) is 16.5. The van der Waals surface area contributed by atoms with Crippen molar-refractivity contribution in [1.29, 1.82) is 5.26 Å². The summed E-state index contributed by atoms with van der Waals surface area (Å²) in [6, 6.07) is 27.3. The number of hydrogen-bond acceptors (Lipinski definition) is 8. The minimum absolute atomic E-state index is 0.0366. The highest BCUT2D eigenvalue weighted by Crippen LogP contribution is 2.34. The third-order valence-electron chi connectivity index (χ3n) is 10.0. The highest BCUT2D eigenvalue weighted by atomic mass is 35.5. The number of carbonyl (C=O) groups is 4. The molecule has 1 saturated heterocycles. The monoisotopic (exact) mass is 837 g/mol. The van der Waals surface area contributed by atoms with Crippen LogP contribution < -0.4 is 0 Å². The first-order valence-corrected chi connectivity index (χ1v) is 20.4. The lowest BCUT2D eigenvalue weighted by molar-refractivity contribution is -0.170. The number of aliphatic carboxylic acids is 3. The number of fused-ring (bicyclic) bond motifs is 1. The van der Waals surface area contributed by atoms with Crippen molar-refractivity contribution in [2.45, 2.75) is 61.4 Å². The molecule has 302 valence electrons. The van der Waals surface area contributed by atoms with Crippen LogP contribution in [0.4, 0.5) is 0 Å². The fourth-order valence-corrected chi connectivity index (χ4v) is 8.35. The number of piperidine rings is 1. The van der Waals surface area contributed by atoms with Gasteiger partial charge < -0.3 is 30.2 Å². The molecule has 12 nitrogen and oxygen atoms in total. The van der Waals surface area contributed by atoms with Gasteiger partial charge in [-0.2, -0.15) is 5.26 Å². The van der Waals surface area contributed by atoms with Crippen molar-refractivity contribution in [2.75, 3.05) is 39.0 Å². The number of halogens is 2. The average Bonchev–Trinajstić information content (AvgIpc) is 3.19. The molecule has 0 aromatic heterocycles. The van der Waals surface area contributed by atoms with Crippen LogP contribution >= 0.6 is 23.2 Å². The second kappa shape index (κ2) is 20.5. The summed E-state index contributed by atoms with van der Waals surface area (Å²) in [5, 5.41) is 46.1. The van der Waals surface area contributed by atoms with Crippen molar-refractivity contribution in [3.8, 4) is 6.07 Å². The third-order valence-corrected chi connectivity index (χ3v) is 12.1. The Balaban J connectivity index is 0.000000476. The fourth-order valence-electron chi connectivity index (χ4n) is 7.00. The summed E-state index contributed by atoms with van der Waals surface area (Å²) < 4.78 is 12.7. The van der Waals surface area contributed by atoms with E-state index in [0.29, 0.717) is 39.4 Å².